The fourth-order valence-corrected chi connectivity index (χ4v) is 2.70. The Labute approximate surface area is 101 Å². The van der Waals surface area contributed by atoms with Gasteiger partial charge in [-0.1, -0.05) is 5.57 Å². The van der Waals surface area contributed by atoms with Crippen molar-refractivity contribution in [3.63, 3.8) is 0 Å². The highest BCUT2D eigenvalue weighted by molar-refractivity contribution is 7.09. The number of hydrogen-bond donors (Lipinski definition) is 1. The lowest BCUT2D eigenvalue weighted by molar-refractivity contribution is 0.354. The van der Waals surface area contributed by atoms with E-state index in [1.807, 2.05) is 5.51 Å². The first-order valence-corrected chi connectivity index (χ1v) is 6.50. The molecule has 0 unspecified atom stereocenters. The molecule has 88 valence electrons. The van der Waals surface area contributed by atoms with Crippen LogP contribution in [-0.2, 0) is 6.54 Å². The van der Waals surface area contributed by atoms with E-state index in [0.717, 1.165) is 26.2 Å². The third kappa shape index (κ3) is 2.70. The van der Waals surface area contributed by atoms with E-state index in [4.69, 9.17) is 0 Å². The first kappa shape index (κ1) is 11.8. The summed E-state index contributed by atoms with van der Waals surface area (Å²) in [7, 11) is 2.18. The average Bonchev–Trinajstić information content (AvgIpc) is 2.48. The van der Waals surface area contributed by atoms with Crippen molar-refractivity contribution in [2.75, 3.05) is 26.7 Å². The number of rotatable bonds is 4. The topological polar surface area (TPSA) is 28.2 Å². The largest absolute Gasteiger partial charge is 0.309 e. The van der Waals surface area contributed by atoms with E-state index in [-0.39, 0.29) is 0 Å². The van der Waals surface area contributed by atoms with Crippen molar-refractivity contribution in [1.29, 1.82) is 0 Å². The number of likely N-dealkylation sites (N-methyl/N-ethyl adjacent to an activating group) is 1. The summed E-state index contributed by atoms with van der Waals surface area (Å²) in [4.78, 5) is 8.02. The van der Waals surface area contributed by atoms with E-state index in [2.05, 4.69) is 36.1 Å². The molecule has 1 aromatic rings. The third-order valence-electron chi connectivity index (χ3n) is 3.05. The zero-order chi connectivity index (χ0) is 11.5. The zero-order valence-electron chi connectivity index (χ0n) is 10.2. The highest BCUT2D eigenvalue weighted by Crippen LogP contribution is 2.16. The number of nitrogens with zero attached hydrogens (tertiary/aromatic N) is 2. The Morgan fingerprint density at radius 1 is 1.56 bits per heavy atom. The van der Waals surface area contributed by atoms with Crippen molar-refractivity contribution in [1.82, 2.24) is 15.2 Å². The summed E-state index contributed by atoms with van der Waals surface area (Å²) in [6, 6.07) is 0. The molecule has 1 aromatic heterocycles. The molecule has 0 saturated carbocycles. The molecule has 0 amide bonds. The van der Waals surface area contributed by atoms with Gasteiger partial charge in [-0.2, -0.15) is 0 Å². The lowest BCUT2D eigenvalue weighted by Gasteiger charge is -2.25. The van der Waals surface area contributed by atoms with Gasteiger partial charge in [-0.3, -0.25) is 4.90 Å². The highest BCUT2D eigenvalue weighted by Gasteiger charge is 2.12. The monoisotopic (exact) mass is 237 g/mol. The molecule has 0 radical (unpaired) electrons. The van der Waals surface area contributed by atoms with E-state index in [1.54, 1.807) is 16.9 Å². The quantitative estimate of drug-likeness (QED) is 0.809. The molecule has 1 N–H and O–H groups in total. The van der Waals surface area contributed by atoms with E-state index >= 15 is 0 Å². The van der Waals surface area contributed by atoms with Crippen molar-refractivity contribution < 1.29 is 0 Å². The van der Waals surface area contributed by atoms with Crippen LogP contribution in [0.1, 0.15) is 17.5 Å². The Kier molecular flexibility index (Phi) is 3.74. The second-order valence-corrected chi connectivity index (χ2v) is 5.46. The van der Waals surface area contributed by atoms with Crippen molar-refractivity contribution in [2.24, 2.45) is 0 Å². The van der Waals surface area contributed by atoms with Crippen LogP contribution in [-0.4, -0.2) is 36.6 Å². The van der Waals surface area contributed by atoms with Gasteiger partial charge in [0, 0.05) is 31.1 Å². The van der Waals surface area contributed by atoms with Crippen LogP contribution < -0.4 is 5.32 Å². The van der Waals surface area contributed by atoms with E-state index in [1.165, 1.54) is 16.1 Å². The number of nitrogens with one attached hydrogen (secondary N) is 1. The number of aryl methyl sites for hydroxylation is 1. The van der Waals surface area contributed by atoms with Crippen LogP contribution in [0.4, 0.5) is 0 Å². The predicted octanol–water partition coefficient (Wildman–Crippen LogP) is 1.80. The average molecular weight is 237 g/mol. The van der Waals surface area contributed by atoms with Gasteiger partial charge in [-0.05, 0) is 26.5 Å². The molecule has 1 aliphatic heterocycles. The van der Waals surface area contributed by atoms with Gasteiger partial charge in [0.05, 0.1) is 11.2 Å². The normalized spacial score (nSPS) is 15.4. The maximum atomic E-state index is 4.28. The van der Waals surface area contributed by atoms with Gasteiger partial charge in [0.25, 0.3) is 0 Å². The number of aromatic nitrogens is 1. The molecule has 0 spiro atoms. The SMILES string of the molecule is CC(CN(C)Cc1scnc1C)=C1CNC1. The molecule has 0 bridgehead atoms. The lowest BCUT2D eigenvalue weighted by Crippen LogP contribution is -2.36. The van der Waals surface area contributed by atoms with E-state index in [9.17, 15) is 0 Å². The van der Waals surface area contributed by atoms with Crippen LogP contribution in [0.25, 0.3) is 0 Å². The Hall–Kier alpha value is -0.710. The Morgan fingerprint density at radius 2 is 2.31 bits per heavy atom. The van der Waals surface area contributed by atoms with Gasteiger partial charge in [0.2, 0.25) is 0 Å². The minimum absolute atomic E-state index is 1.01. The molecular weight excluding hydrogens is 218 g/mol. The first-order valence-electron chi connectivity index (χ1n) is 5.62. The summed E-state index contributed by atoms with van der Waals surface area (Å²) in [5, 5.41) is 3.29. The van der Waals surface area contributed by atoms with Gasteiger partial charge in [-0.25, -0.2) is 4.98 Å². The van der Waals surface area contributed by atoms with Crippen LogP contribution in [0.5, 0.6) is 0 Å². The fourth-order valence-electron chi connectivity index (χ4n) is 1.85. The second-order valence-electron chi connectivity index (χ2n) is 4.52. The van der Waals surface area contributed by atoms with Crippen molar-refractivity contribution in [3.05, 3.63) is 27.2 Å². The summed E-state index contributed by atoms with van der Waals surface area (Å²) in [6.07, 6.45) is 0. The van der Waals surface area contributed by atoms with Crippen molar-refractivity contribution in [2.45, 2.75) is 20.4 Å². The van der Waals surface area contributed by atoms with Gasteiger partial charge in [0.1, 0.15) is 0 Å². The van der Waals surface area contributed by atoms with E-state index in [0.29, 0.717) is 0 Å². The molecule has 2 heterocycles. The van der Waals surface area contributed by atoms with Crippen molar-refractivity contribution >= 4 is 11.3 Å². The minimum Gasteiger partial charge on any atom is -0.309 e. The number of thiazole rings is 1. The lowest BCUT2D eigenvalue weighted by atomic mass is 10.0. The molecule has 1 saturated heterocycles. The number of hydrogen-bond acceptors (Lipinski definition) is 4. The summed E-state index contributed by atoms with van der Waals surface area (Å²) in [5.41, 5.74) is 6.20. The maximum absolute atomic E-state index is 4.28. The third-order valence-corrected chi connectivity index (χ3v) is 3.97. The van der Waals surface area contributed by atoms with E-state index < -0.39 is 0 Å². The molecular formula is C12H19N3S. The van der Waals surface area contributed by atoms with Crippen LogP contribution >= 0.6 is 11.3 Å². The van der Waals surface area contributed by atoms with Gasteiger partial charge in [-0.15, -0.1) is 11.3 Å². The minimum atomic E-state index is 1.01. The molecule has 0 atom stereocenters. The molecule has 4 heteroatoms. The maximum Gasteiger partial charge on any atom is 0.0798 e. The Bertz CT molecular complexity index is 389. The summed E-state index contributed by atoms with van der Waals surface area (Å²) in [5.74, 6) is 0. The molecule has 2 rings (SSSR count). The molecule has 1 aliphatic rings. The van der Waals surface area contributed by atoms with Crippen LogP contribution in [0.2, 0.25) is 0 Å². The zero-order valence-corrected chi connectivity index (χ0v) is 11.0. The Balaban J connectivity index is 1.89. The van der Waals surface area contributed by atoms with Crippen LogP contribution in [0.3, 0.4) is 0 Å². The summed E-state index contributed by atoms with van der Waals surface area (Å²) >= 11 is 1.75. The predicted molar refractivity (Wildman–Crippen MR) is 68.8 cm³/mol. The van der Waals surface area contributed by atoms with Gasteiger partial charge < -0.3 is 5.32 Å². The molecule has 1 fully saturated rings. The molecule has 0 aromatic carbocycles. The van der Waals surface area contributed by atoms with Gasteiger partial charge in [0.15, 0.2) is 0 Å². The highest BCUT2D eigenvalue weighted by atomic mass is 32.1. The molecule has 3 nitrogen and oxygen atoms in total. The molecule has 0 aliphatic carbocycles. The smallest absolute Gasteiger partial charge is 0.0798 e. The molecule has 16 heavy (non-hydrogen) atoms. The summed E-state index contributed by atoms with van der Waals surface area (Å²) in [6.45, 7) is 8.56. The standard InChI is InChI=1S/C12H19N3S/c1-9(11-4-13-5-11)6-15(3)7-12-10(2)14-8-16-12/h8,13H,4-7H2,1-3H3. The van der Waals surface area contributed by atoms with Crippen LogP contribution in [0, 0.1) is 6.92 Å². The van der Waals surface area contributed by atoms with Crippen LogP contribution in [0.15, 0.2) is 16.7 Å². The van der Waals surface area contributed by atoms with Crippen molar-refractivity contribution in [3.8, 4) is 0 Å². The first-order chi connectivity index (χ1) is 7.66. The summed E-state index contributed by atoms with van der Waals surface area (Å²) < 4.78 is 0. The van der Waals surface area contributed by atoms with Gasteiger partial charge >= 0.3 is 0 Å². The Morgan fingerprint density at radius 3 is 2.81 bits per heavy atom. The fraction of sp³-hybridized carbons (Fsp3) is 0.583. The second kappa shape index (κ2) is 5.08.